The van der Waals surface area contributed by atoms with Gasteiger partial charge in [0.05, 0.1) is 6.61 Å². The Kier molecular flexibility index (Phi) is 9.11. The van der Waals surface area contributed by atoms with Crippen molar-refractivity contribution >= 4 is 0 Å². The van der Waals surface area contributed by atoms with Crippen LogP contribution in [0.3, 0.4) is 0 Å². The molecular weight excluding hydrogens is 350 g/mol. The van der Waals surface area contributed by atoms with Gasteiger partial charge in [-0.2, -0.15) is 0 Å². The first-order valence-electron chi connectivity index (χ1n) is 9.57. The van der Waals surface area contributed by atoms with Crippen LogP contribution in [0.15, 0.2) is 36.7 Å². The first-order valence-corrected chi connectivity index (χ1v) is 9.57. The summed E-state index contributed by atoms with van der Waals surface area (Å²) in [5, 5.41) is 8.58. The predicted molar refractivity (Wildman–Crippen MR) is 102 cm³/mol. The molecule has 0 bridgehead atoms. The second kappa shape index (κ2) is 11.6. The van der Waals surface area contributed by atoms with E-state index in [0.717, 1.165) is 24.0 Å². The Hall–Kier alpha value is -2.08. The second-order valence-corrected chi connectivity index (χ2v) is 6.63. The summed E-state index contributed by atoms with van der Waals surface area (Å²) in [7, 11) is 0. The normalized spacial score (nSPS) is 13.3. The molecule has 6 heteroatoms. The van der Waals surface area contributed by atoms with E-state index in [1.165, 1.54) is 25.7 Å². The van der Waals surface area contributed by atoms with E-state index in [1.54, 1.807) is 24.3 Å². The summed E-state index contributed by atoms with van der Waals surface area (Å²) in [6.07, 6.45) is 7.12. The molecule has 0 saturated heterocycles. The van der Waals surface area contributed by atoms with Gasteiger partial charge < -0.3 is 9.84 Å². The Morgan fingerprint density at radius 3 is 2.26 bits per heavy atom. The van der Waals surface area contributed by atoms with Crippen molar-refractivity contribution in [3.63, 3.8) is 0 Å². The number of nitrogens with zero attached hydrogens (tertiary/aromatic N) is 2. The molecule has 0 radical (unpaired) electrons. The quantitative estimate of drug-likeness (QED) is 0.544. The van der Waals surface area contributed by atoms with Gasteiger partial charge in [-0.3, -0.25) is 0 Å². The van der Waals surface area contributed by atoms with E-state index >= 15 is 0 Å². The maximum Gasteiger partial charge on any atom is 0.167 e. The van der Waals surface area contributed by atoms with Crippen molar-refractivity contribution in [3.8, 4) is 17.1 Å². The first-order chi connectivity index (χ1) is 13.1. The third kappa shape index (κ3) is 7.21. The summed E-state index contributed by atoms with van der Waals surface area (Å²) in [5.41, 5.74) is 1.96. The molecule has 0 aliphatic carbocycles. The third-order valence-corrected chi connectivity index (χ3v) is 4.36. The fraction of sp³-hybridized carbons (Fsp3) is 0.524. The summed E-state index contributed by atoms with van der Waals surface area (Å²) >= 11 is 0. The number of unbranched alkanes of at least 4 members (excludes halogenated alkanes) is 4. The van der Waals surface area contributed by atoms with Gasteiger partial charge in [-0.1, -0.05) is 32.6 Å². The van der Waals surface area contributed by atoms with Gasteiger partial charge >= 0.3 is 0 Å². The van der Waals surface area contributed by atoms with Crippen LogP contribution in [-0.4, -0.2) is 40.6 Å². The van der Waals surface area contributed by atoms with E-state index in [-0.39, 0.29) is 0 Å². The largest absolute Gasteiger partial charge is 0.490 e. The molecule has 1 aromatic heterocycles. The average Bonchev–Trinajstić information content (AvgIpc) is 2.72. The van der Waals surface area contributed by atoms with Crippen molar-refractivity contribution in [2.75, 3.05) is 13.2 Å². The van der Waals surface area contributed by atoms with Crippen LogP contribution in [0.1, 0.15) is 44.6 Å². The topological polar surface area (TPSA) is 55.2 Å². The van der Waals surface area contributed by atoms with Crippen molar-refractivity contribution in [1.82, 2.24) is 9.97 Å². The van der Waals surface area contributed by atoms with Gasteiger partial charge in [-0.05, 0) is 42.7 Å². The summed E-state index contributed by atoms with van der Waals surface area (Å²) in [6.45, 7) is 0.916. The van der Waals surface area contributed by atoms with Gasteiger partial charge in [-0.15, -0.1) is 0 Å². The first kappa shape index (κ1) is 21.2. The number of alkyl halides is 2. The Morgan fingerprint density at radius 2 is 1.63 bits per heavy atom. The number of rotatable bonds is 12. The number of ether oxygens (including phenoxy) is 1. The molecule has 2 rings (SSSR count). The van der Waals surface area contributed by atoms with E-state index in [9.17, 15) is 8.78 Å². The average molecular weight is 378 g/mol. The number of hydrogen-bond donors (Lipinski definition) is 1. The standard InChI is InChI=1S/C21H28F2N2O2/c1-2-3-4-5-6-7-16-12-24-21(25-13-16)17-8-10-18(11-9-17)27-15-20(23)19(22)14-26/h8-13,19-20,26H,2-7,14-15H2,1H3/t19-,20-/m1/s1. The van der Waals surface area contributed by atoms with Crippen molar-refractivity contribution < 1.29 is 18.6 Å². The van der Waals surface area contributed by atoms with Gasteiger partial charge in [0.15, 0.2) is 18.2 Å². The predicted octanol–water partition coefficient (Wildman–Crippen LogP) is 4.70. The van der Waals surface area contributed by atoms with Crippen LogP contribution in [0.4, 0.5) is 8.78 Å². The van der Waals surface area contributed by atoms with Crippen LogP contribution in [-0.2, 0) is 6.42 Å². The number of aromatic nitrogens is 2. The zero-order chi connectivity index (χ0) is 19.5. The number of benzene rings is 1. The van der Waals surface area contributed by atoms with E-state index < -0.39 is 25.6 Å². The van der Waals surface area contributed by atoms with Crippen LogP contribution in [0, 0.1) is 0 Å². The van der Waals surface area contributed by atoms with E-state index in [2.05, 4.69) is 16.9 Å². The van der Waals surface area contributed by atoms with E-state index in [1.807, 2.05) is 12.4 Å². The zero-order valence-corrected chi connectivity index (χ0v) is 15.8. The molecule has 0 amide bonds. The Bertz CT molecular complexity index is 650. The van der Waals surface area contributed by atoms with Crippen molar-refractivity contribution in [2.24, 2.45) is 0 Å². The SMILES string of the molecule is CCCCCCCc1cnc(-c2ccc(OC[C@@H](F)[C@H](F)CO)cc2)nc1. The van der Waals surface area contributed by atoms with E-state index in [0.29, 0.717) is 11.6 Å². The molecule has 1 aromatic carbocycles. The highest BCUT2D eigenvalue weighted by molar-refractivity contribution is 5.55. The van der Waals surface area contributed by atoms with Gasteiger partial charge in [0, 0.05) is 18.0 Å². The van der Waals surface area contributed by atoms with Crippen LogP contribution < -0.4 is 4.74 Å². The highest BCUT2D eigenvalue weighted by atomic mass is 19.2. The maximum atomic E-state index is 13.3. The van der Waals surface area contributed by atoms with E-state index in [4.69, 9.17) is 9.84 Å². The number of halogens is 2. The van der Waals surface area contributed by atoms with Crippen LogP contribution >= 0.6 is 0 Å². The summed E-state index contributed by atoms with van der Waals surface area (Å²) < 4.78 is 31.5. The second-order valence-electron chi connectivity index (χ2n) is 6.63. The molecule has 0 unspecified atom stereocenters. The number of hydrogen-bond acceptors (Lipinski definition) is 4. The van der Waals surface area contributed by atoms with Crippen LogP contribution in [0.25, 0.3) is 11.4 Å². The monoisotopic (exact) mass is 378 g/mol. The van der Waals surface area contributed by atoms with Crippen molar-refractivity contribution in [3.05, 3.63) is 42.2 Å². The van der Waals surface area contributed by atoms with Crippen LogP contribution in [0.5, 0.6) is 5.75 Å². The fourth-order valence-corrected chi connectivity index (χ4v) is 2.66. The molecule has 0 aliphatic rings. The molecule has 148 valence electrons. The minimum Gasteiger partial charge on any atom is -0.490 e. The molecule has 27 heavy (non-hydrogen) atoms. The van der Waals surface area contributed by atoms with Gasteiger partial charge in [-0.25, -0.2) is 18.7 Å². The molecule has 0 spiro atoms. The molecular formula is C21H28F2N2O2. The lowest BCUT2D eigenvalue weighted by atomic mass is 10.1. The fourth-order valence-electron chi connectivity index (χ4n) is 2.66. The van der Waals surface area contributed by atoms with Gasteiger partial charge in [0.2, 0.25) is 0 Å². The Labute approximate surface area is 159 Å². The molecule has 1 heterocycles. The molecule has 2 atom stereocenters. The lowest BCUT2D eigenvalue weighted by Gasteiger charge is -2.12. The summed E-state index contributed by atoms with van der Waals surface area (Å²) in [6, 6.07) is 6.89. The zero-order valence-electron chi connectivity index (χ0n) is 15.8. The summed E-state index contributed by atoms with van der Waals surface area (Å²) in [4.78, 5) is 8.83. The molecule has 0 aliphatic heterocycles. The highest BCUT2D eigenvalue weighted by Crippen LogP contribution is 2.20. The smallest absolute Gasteiger partial charge is 0.167 e. The maximum absolute atomic E-state index is 13.3. The minimum atomic E-state index is -1.93. The van der Waals surface area contributed by atoms with Crippen molar-refractivity contribution in [2.45, 2.75) is 57.8 Å². The summed E-state index contributed by atoms with van der Waals surface area (Å²) in [5.74, 6) is 1.04. The number of aryl methyl sites for hydroxylation is 1. The lowest BCUT2D eigenvalue weighted by Crippen LogP contribution is -2.27. The Balaban J connectivity index is 1.83. The molecule has 0 fully saturated rings. The molecule has 4 nitrogen and oxygen atoms in total. The lowest BCUT2D eigenvalue weighted by molar-refractivity contribution is 0.0661. The number of aliphatic hydroxyl groups is 1. The minimum absolute atomic E-state index is 0.426. The third-order valence-electron chi connectivity index (χ3n) is 4.36. The molecule has 2 aromatic rings. The molecule has 0 saturated carbocycles. The molecule has 1 N–H and O–H groups in total. The van der Waals surface area contributed by atoms with Crippen molar-refractivity contribution in [1.29, 1.82) is 0 Å². The Morgan fingerprint density at radius 1 is 0.963 bits per heavy atom. The van der Waals surface area contributed by atoms with Gasteiger partial charge in [0.1, 0.15) is 12.4 Å². The van der Waals surface area contributed by atoms with Crippen LogP contribution in [0.2, 0.25) is 0 Å². The van der Waals surface area contributed by atoms with Gasteiger partial charge in [0.25, 0.3) is 0 Å². The highest BCUT2D eigenvalue weighted by Gasteiger charge is 2.20. The number of aliphatic hydroxyl groups excluding tert-OH is 1.